The molecule has 0 spiro atoms. The van der Waals surface area contributed by atoms with Crippen LogP contribution in [0.5, 0.6) is 0 Å². The van der Waals surface area contributed by atoms with Crippen LogP contribution in [0.15, 0.2) is 53.8 Å². The maximum atomic E-state index is 4.46. The van der Waals surface area contributed by atoms with Crippen LogP contribution in [0, 0.1) is 5.92 Å². The monoisotopic (exact) mass is 349 g/mol. The number of benzene rings is 1. The first-order valence-electron chi connectivity index (χ1n) is 9.12. The van der Waals surface area contributed by atoms with Gasteiger partial charge in [0.25, 0.3) is 0 Å². The number of hydrogen-bond acceptors (Lipinski definition) is 3. The van der Waals surface area contributed by atoms with Gasteiger partial charge in [-0.1, -0.05) is 18.2 Å². The van der Waals surface area contributed by atoms with Crippen LogP contribution in [0.25, 0.3) is 10.9 Å². The normalized spacial score (nSPS) is 25.9. The molecule has 2 aliphatic rings. The molecule has 2 aromatic heterocycles. The number of piperidine rings is 1. The Balaban J connectivity index is 1.40. The van der Waals surface area contributed by atoms with Gasteiger partial charge in [-0.15, -0.1) is 11.8 Å². The zero-order valence-corrected chi connectivity index (χ0v) is 15.3. The Morgan fingerprint density at radius 3 is 3.08 bits per heavy atom. The molecule has 1 aliphatic heterocycles. The average Bonchev–Trinajstić information content (AvgIpc) is 3.06. The number of likely N-dealkylation sites (tertiary alicyclic amines) is 1. The van der Waals surface area contributed by atoms with Gasteiger partial charge in [-0.25, -0.2) is 4.98 Å². The van der Waals surface area contributed by atoms with Crippen LogP contribution in [0.4, 0.5) is 0 Å². The van der Waals surface area contributed by atoms with E-state index in [0.717, 1.165) is 10.8 Å². The molecule has 1 fully saturated rings. The van der Waals surface area contributed by atoms with Crippen molar-refractivity contribution in [1.82, 2.24) is 14.9 Å². The molecule has 3 heterocycles. The van der Waals surface area contributed by atoms with Gasteiger partial charge in [-0.05, 0) is 55.1 Å². The summed E-state index contributed by atoms with van der Waals surface area (Å²) in [6.07, 6.45) is 6.58. The third-order valence-corrected chi connectivity index (χ3v) is 7.09. The minimum absolute atomic E-state index is 0.644. The lowest BCUT2D eigenvalue weighted by atomic mass is 9.73. The van der Waals surface area contributed by atoms with E-state index in [9.17, 15) is 0 Å². The molecular weight excluding hydrogens is 326 g/mol. The Bertz CT molecular complexity index is 889. The van der Waals surface area contributed by atoms with Crippen molar-refractivity contribution in [2.24, 2.45) is 5.92 Å². The lowest BCUT2D eigenvalue weighted by Crippen LogP contribution is -2.48. The Kier molecular flexibility index (Phi) is 3.83. The second kappa shape index (κ2) is 6.19. The topological polar surface area (TPSA) is 31.9 Å². The van der Waals surface area contributed by atoms with E-state index in [1.54, 1.807) is 5.56 Å². The van der Waals surface area contributed by atoms with E-state index in [0.29, 0.717) is 17.9 Å². The lowest BCUT2D eigenvalue weighted by molar-refractivity contribution is 0.121. The number of nitrogens with zero attached hydrogens (tertiary/aromatic N) is 2. The summed E-state index contributed by atoms with van der Waals surface area (Å²) in [6, 6.07) is 13.6. The molecule has 5 rings (SSSR count). The summed E-state index contributed by atoms with van der Waals surface area (Å²) in [5.41, 5.74) is 4.36. The first kappa shape index (κ1) is 15.5. The highest BCUT2D eigenvalue weighted by atomic mass is 32.2. The average molecular weight is 350 g/mol. The molecule has 1 aliphatic carbocycles. The summed E-state index contributed by atoms with van der Waals surface area (Å²) in [5, 5.41) is 2.64. The van der Waals surface area contributed by atoms with Crippen LogP contribution in [-0.4, -0.2) is 40.3 Å². The summed E-state index contributed by atoms with van der Waals surface area (Å²) < 4.78 is 0. The van der Waals surface area contributed by atoms with E-state index < -0.39 is 0 Å². The highest BCUT2D eigenvalue weighted by Gasteiger charge is 2.39. The molecule has 0 bridgehead atoms. The summed E-state index contributed by atoms with van der Waals surface area (Å²) in [7, 11) is 2.31. The predicted molar refractivity (Wildman–Crippen MR) is 104 cm³/mol. The molecule has 1 saturated heterocycles. The van der Waals surface area contributed by atoms with Crippen molar-refractivity contribution in [1.29, 1.82) is 0 Å². The third-order valence-electron chi connectivity index (χ3n) is 5.92. The number of aromatic nitrogens is 2. The zero-order valence-electron chi connectivity index (χ0n) is 14.5. The van der Waals surface area contributed by atoms with Crippen molar-refractivity contribution in [3.63, 3.8) is 0 Å². The number of H-pyrrole nitrogens is 1. The molecule has 128 valence electrons. The standard InChI is InChI=1S/C21H23N3S/c1-24-12-14(13-25-20-7-2-3-8-22-20)9-17-16-5-4-6-18-21(16)15(11-23-18)10-19(17)24/h2-8,11,14,17,19,23H,9-10,12-13H2,1H3/t14?,17-,19-/m1/s1. The van der Waals surface area contributed by atoms with Gasteiger partial charge < -0.3 is 9.88 Å². The van der Waals surface area contributed by atoms with E-state index >= 15 is 0 Å². The van der Waals surface area contributed by atoms with Gasteiger partial charge in [0.2, 0.25) is 0 Å². The molecule has 0 saturated carbocycles. The largest absolute Gasteiger partial charge is 0.361 e. The van der Waals surface area contributed by atoms with Crippen molar-refractivity contribution in [3.05, 3.63) is 59.9 Å². The van der Waals surface area contributed by atoms with Crippen LogP contribution >= 0.6 is 11.8 Å². The lowest BCUT2D eigenvalue weighted by Gasteiger charge is -2.45. The fraction of sp³-hybridized carbons (Fsp3) is 0.381. The fourth-order valence-electron chi connectivity index (χ4n) is 4.81. The molecule has 3 atom stereocenters. The summed E-state index contributed by atoms with van der Waals surface area (Å²) in [6.45, 7) is 1.19. The van der Waals surface area contributed by atoms with Gasteiger partial charge in [-0.2, -0.15) is 0 Å². The van der Waals surface area contributed by atoms with Crippen molar-refractivity contribution < 1.29 is 0 Å². The molecule has 25 heavy (non-hydrogen) atoms. The molecule has 1 N–H and O–H groups in total. The molecule has 3 aromatic rings. The van der Waals surface area contributed by atoms with Crippen molar-refractivity contribution in [3.8, 4) is 0 Å². The molecule has 0 radical (unpaired) electrons. The first-order valence-corrected chi connectivity index (χ1v) is 10.1. The predicted octanol–water partition coefficient (Wildman–Crippen LogP) is 4.32. The fourth-order valence-corrected chi connectivity index (χ4v) is 5.77. The van der Waals surface area contributed by atoms with Gasteiger partial charge in [0, 0.05) is 47.6 Å². The zero-order chi connectivity index (χ0) is 16.8. The number of aromatic amines is 1. The van der Waals surface area contributed by atoms with Crippen LogP contribution < -0.4 is 0 Å². The maximum absolute atomic E-state index is 4.46. The molecule has 1 unspecified atom stereocenters. The minimum atomic E-state index is 0.644. The third kappa shape index (κ3) is 2.68. The van der Waals surface area contributed by atoms with E-state index in [4.69, 9.17) is 0 Å². The number of fused-ring (bicyclic) bond motifs is 2. The number of nitrogens with one attached hydrogen (secondary N) is 1. The molecule has 0 amide bonds. The van der Waals surface area contributed by atoms with E-state index in [2.05, 4.69) is 58.4 Å². The van der Waals surface area contributed by atoms with Gasteiger partial charge in [0.15, 0.2) is 0 Å². The number of thioether (sulfide) groups is 1. The maximum Gasteiger partial charge on any atom is 0.0959 e. The SMILES string of the molecule is CN1CC(CSc2ccccn2)C[C@@H]2c3cccc4[nH]cc(c34)C[C@H]21. The van der Waals surface area contributed by atoms with Crippen LogP contribution in [0.1, 0.15) is 23.5 Å². The van der Waals surface area contributed by atoms with Crippen LogP contribution in [-0.2, 0) is 6.42 Å². The Labute approximate surface area is 152 Å². The van der Waals surface area contributed by atoms with Crippen LogP contribution in [0.2, 0.25) is 0 Å². The van der Waals surface area contributed by atoms with E-state index in [1.165, 1.54) is 35.9 Å². The number of hydrogen-bond donors (Lipinski definition) is 1. The van der Waals surface area contributed by atoms with E-state index in [-0.39, 0.29) is 0 Å². The second-order valence-corrected chi connectivity index (χ2v) is 8.52. The van der Waals surface area contributed by atoms with Gasteiger partial charge in [0.05, 0.1) is 5.03 Å². The number of likely N-dealkylation sites (N-methyl/N-ethyl adjacent to an activating group) is 1. The molecular formula is C21H23N3S. The minimum Gasteiger partial charge on any atom is -0.361 e. The highest BCUT2D eigenvalue weighted by Crippen LogP contribution is 2.44. The molecule has 3 nitrogen and oxygen atoms in total. The molecule has 1 aromatic carbocycles. The number of rotatable bonds is 3. The van der Waals surface area contributed by atoms with Gasteiger partial charge in [0.1, 0.15) is 0 Å². The summed E-state index contributed by atoms with van der Waals surface area (Å²) >= 11 is 1.90. The van der Waals surface area contributed by atoms with Crippen molar-refractivity contribution in [2.75, 3.05) is 19.3 Å². The Morgan fingerprint density at radius 1 is 1.24 bits per heavy atom. The smallest absolute Gasteiger partial charge is 0.0959 e. The highest BCUT2D eigenvalue weighted by molar-refractivity contribution is 7.99. The summed E-state index contributed by atoms with van der Waals surface area (Å²) in [4.78, 5) is 10.5. The number of pyridine rings is 1. The summed E-state index contributed by atoms with van der Waals surface area (Å²) in [5.74, 6) is 2.52. The van der Waals surface area contributed by atoms with Gasteiger partial charge >= 0.3 is 0 Å². The van der Waals surface area contributed by atoms with E-state index in [1.807, 2.05) is 24.0 Å². The Morgan fingerprint density at radius 2 is 2.20 bits per heavy atom. The van der Waals surface area contributed by atoms with Gasteiger partial charge in [-0.3, -0.25) is 0 Å². The van der Waals surface area contributed by atoms with Crippen molar-refractivity contribution in [2.45, 2.75) is 29.8 Å². The van der Waals surface area contributed by atoms with Crippen LogP contribution in [0.3, 0.4) is 0 Å². The molecule has 4 heteroatoms. The first-order chi connectivity index (χ1) is 12.3. The Hall–Kier alpha value is -1.78. The quantitative estimate of drug-likeness (QED) is 0.715. The second-order valence-electron chi connectivity index (χ2n) is 7.48. The van der Waals surface area contributed by atoms with Crippen molar-refractivity contribution >= 4 is 22.7 Å².